The van der Waals surface area contributed by atoms with E-state index in [1.54, 1.807) is 6.07 Å². The van der Waals surface area contributed by atoms with Gasteiger partial charge in [0, 0.05) is 14.1 Å². The van der Waals surface area contributed by atoms with Gasteiger partial charge in [0.2, 0.25) is 5.82 Å². The molecule has 0 bridgehead atoms. The molecule has 0 aliphatic rings. The summed E-state index contributed by atoms with van der Waals surface area (Å²) < 4.78 is 26.0. The highest BCUT2D eigenvalue weighted by Gasteiger charge is 2.23. The Hall–Kier alpha value is -1.39. The number of hydrogen-bond acceptors (Lipinski definition) is 4. The first-order valence-electron chi connectivity index (χ1n) is 4.84. The monoisotopic (exact) mass is 242 g/mol. The average molecular weight is 242 g/mol. The van der Waals surface area contributed by atoms with E-state index in [-0.39, 0.29) is 5.82 Å². The summed E-state index contributed by atoms with van der Waals surface area (Å²) >= 11 is 0. The van der Waals surface area contributed by atoms with Crippen LogP contribution >= 0.6 is 0 Å². The molecule has 1 rings (SSSR count). The maximum atomic E-state index is 12.0. The number of rotatable bonds is 4. The molecule has 0 aliphatic heterocycles. The maximum Gasteiger partial charge on any atom is 0.309 e. The fourth-order valence-electron chi connectivity index (χ4n) is 1.29. The van der Waals surface area contributed by atoms with E-state index in [1.165, 1.54) is 20.3 Å². The smallest absolute Gasteiger partial charge is 0.226 e. The summed E-state index contributed by atoms with van der Waals surface area (Å²) in [6.07, 6.45) is 2.80. The lowest BCUT2D eigenvalue weighted by atomic mass is 10.3. The van der Waals surface area contributed by atoms with Gasteiger partial charge in [0.15, 0.2) is 0 Å². The van der Waals surface area contributed by atoms with Crippen LogP contribution in [0, 0.1) is 11.3 Å². The highest BCUT2D eigenvalue weighted by atomic mass is 32.2. The zero-order chi connectivity index (χ0) is 12.3. The molecule has 0 saturated heterocycles. The van der Waals surface area contributed by atoms with Gasteiger partial charge < -0.3 is 0 Å². The number of aryl methyl sites for hydroxylation is 1. The summed E-state index contributed by atoms with van der Waals surface area (Å²) in [6.45, 7) is 1.94. The van der Waals surface area contributed by atoms with Crippen molar-refractivity contribution in [1.82, 2.24) is 13.3 Å². The summed E-state index contributed by atoms with van der Waals surface area (Å²) in [5.41, 5.74) is 0.535. The van der Waals surface area contributed by atoms with Gasteiger partial charge in [-0.2, -0.15) is 18.0 Å². The molecule has 7 heteroatoms. The molecule has 0 spiro atoms. The molecule has 0 N–H and O–H groups in total. The van der Waals surface area contributed by atoms with Gasteiger partial charge >= 0.3 is 10.2 Å². The van der Waals surface area contributed by atoms with Crippen molar-refractivity contribution in [3.63, 3.8) is 0 Å². The molecule has 0 aliphatic carbocycles. The zero-order valence-electron chi connectivity index (χ0n) is 9.51. The van der Waals surface area contributed by atoms with E-state index in [9.17, 15) is 8.42 Å². The third kappa shape index (κ3) is 2.08. The first-order chi connectivity index (χ1) is 7.45. The van der Waals surface area contributed by atoms with Crippen LogP contribution < -0.4 is 0 Å². The molecule has 6 nitrogen and oxygen atoms in total. The lowest BCUT2D eigenvalue weighted by Gasteiger charge is -2.14. The van der Waals surface area contributed by atoms with Gasteiger partial charge in [0.1, 0.15) is 6.07 Å². The van der Waals surface area contributed by atoms with Crippen LogP contribution in [0.4, 0.5) is 0 Å². The second-order valence-corrected chi connectivity index (χ2v) is 5.48. The molecule has 0 unspecified atom stereocenters. The molecule has 0 aromatic carbocycles. The van der Waals surface area contributed by atoms with E-state index < -0.39 is 10.2 Å². The van der Waals surface area contributed by atoms with Crippen LogP contribution in [-0.4, -0.2) is 35.8 Å². The van der Waals surface area contributed by atoms with E-state index in [4.69, 9.17) is 5.26 Å². The van der Waals surface area contributed by atoms with Crippen LogP contribution in [0.15, 0.2) is 6.20 Å². The van der Waals surface area contributed by atoms with Crippen LogP contribution in [-0.2, 0) is 16.6 Å². The number of imidazole rings is 1. The molecular weight excluding hydrogens is 228 g/mol. The average Bonchev–Trinajstić information content (AvgIpc) is 2.61. The van der Waals surface area contributed by atoms with Gasteiger partial charge in [-0.15, -0.1) is 0 Å². The van der Waals surface area contributed by atoms with Crippen molar-refractivity contribution in [2.24, 2.45) is 0 Å². The Morgan fingerprint density at radius 1 is 1.56 bits per heavy atom. The van der Waals surface area contributed by atoms with E-state index >= 15 is 0 Å². The SMILES string of the molecule is CCCc1cnc(C#N)n1S(=O)(=O)N(C)C. The summed E-state index contributed by atoms with van der Waals surface area (Å²) in [7, 11) is -0.819. The third-order valence-electron chi connectivity index (χ3n) is 2.09. The predicted octanol–water partition coefficient (Wildman–Crippen LogP) is 0.362. The van der Waals surface area contributed by atoms with Crippen molar-refractivity contribution in [1.29, 1.82) is 5.26 Å². The summed E-state index contributed by atoms with van der Waals surface area (Å²) in [4.78, 5) is 3.80. The van der Waals surface area contributed by atoms with Crippen LogP contribution in [0.25, 0.3) is 0 Å². The molecule has 0 atom stereocenters. The normalized spacial score (nSPS) is 11.7. The number of nitriles is 1. The fraction of sp³-hybridized carbons (Fsp3) is 0.556. The lowest BCUT2D eigenvalue weighted by molar-refractivity contribution is 0.508. The largest absolute Gasteiger partial charge is 0.309 e. The Labute approximate surface area is 95.3 Å². The standard InChI is InChI=1S/C9H14N4O2S/c1-4-5-8-7-11-9(6-10)13(8)16(14,15)12(2)3/h7H,4-5H2,1-3H3. The van der Waals surface area contributed by atoms with Crippen molar-refractivity contribution in [2.45, 2.75) is 19.8 Å². The quantitative estimate of drug-likeness (QED) is 0.763. The minimum Gasteiger partial charge on any atom is -0.226 e. The van der Waals surface area contributed by atoms with E-state index in [1.807, 2.05) is 6.92 Å². The zero-order valence-corrected chi connectivity index (χ0v) is 10.3. The molecule has 88 valence electrons. The summed E-state index contributed by atoms with van der Waals surface area (Å²) in [6, 6.07) is 1.78. The molecule has 0 saturated carbocycles. The predicted molar refractivity (Wildman–Crippen MR) is 58.9 cm³/mol. The molecule has 1 aromatic heterocycles. The minimum absolute atomic E-state index is 0.0999. The Balaban J connectivity index is 3.41. The molecule has 0 amide bonds. The van der Waals surface area contributed by atoms with Crippen molar-refractivity contribution < 1.29 is 8.42 Å². The molecule has 0 fully saturated rings. The molecule has 1 heterocycles. The van der Waals surface area contributed by atoms with Crippen molar-refractivity contribution in [3.05, 3.63) is 17.7 Å². The van der Waals surface area contributed by atoms with Gasteiger partial charge in [-0.05, 0) is 6.42 Å². The number of hydrogen-bond donors (Lipinski definition) is 0. The van der Waals surface area contributed by atoms with E-state index in [2.05, 4.69) is 4.98 Å². The lowest BCUT2D eigenvalue weighted by Crippen LogP contribution is -2.31. The van der Waals surface area contributed by atoms with Crippen molar-refractivity contribution in [3.8, 4) is 6.07 Å². The van der Waals surface area contributed by atoms with Crippen molar-refractivity contribution >= 4 is 10.2 Å². The molecule has 0 radical (unpaired) electrons. The first-order valence-corrected chi connectivity index (χ1v) is 6.24. The second-order valence-electron chi connectivity index (χ2n) is 3.49. The van der Waals surface area contributed by atoms with E-state index in [0.717, 1.165) is 14.7 Å². The Morgan fingerprint density at radius 2 is 2.19 bits per heavy atom. The fourth-order valence-corrected chi connectivity index (χ4v) is 2.36. The van der Waals surface area contributed by atoms with Gasteiger partial charge in [-0.25, -0.2) is 8.96 Å². The molecule has 16 heavy (non-hydrogen) atoms. The Kier molecular flexibility index (Phi) is 3.67. The maximum absolute atomic E-state index is 12.0. The number of nitrogens with zero attached hydrogens (tertiary/aromatic N) is 4. The summed E-state index contributed by atoms with van der Waals surface area (Å²) in [5, 5.41) is 8.83. The number of aromatic nitrogens is 2. The third-order valence-corrected chi connectivity index (χ3v) is 3.88. The molecular formula is C9H14N4O2S. The van der Waals surface area contributed by atoms with Gasteiger partial charge in [-0.1, -0.05) is 13.3 Å². The van der Waals surface area contributed by atoms with Gasteiger partial charge in [-0.3, -0.25) is 0 Å². The Morgan fingerprint density at radius 3 is 2.62 bits per heavy atom. The van der Waals surface area contributed by atoms with Crippen LogP contribution in [0.2, 0.25) is 0 Å². The van der Waals surface area contributed by atoms with Crippen molar-refractivity contribution in [2.75, 3.05) is 14.1 Å². The highest BCUT2D eigenvalue weighted by Crippen LogP contribution is 2.12. The summed E-state index contributed by atoms with van der Waals surface area (Å²) in [5.74, 6) is -0.0999. The first kappa shape index (κ1) is 12.7. The molecule has 1 aromatic rings. The topological polar surface area (TPSA) is 79.0 Å². The highest BCUT2D eigenvalue weighted by molar-refractivity contribution is 7.87. The van der Waals surface area contributed by atoms with E-state index in [0.29, 0.717) is 12.1 Å². The second kappa shape index (κ2) is 4.63. The van der Waals surface area contributed by atoms with Gasteiger partial charge in [0.25, 0.3) is 0 Å². The van der Waals surface area contributed by atoms with Crippen LogP contribution in [0.5, 0.6) is 0 Å². The van der Waals surface area contributed by atoms with Crippen LogP contribution in [0.1, 0.15) is 24.9 Å². The Bertz CT molecular complexity index is 510. The minimum atomic E-state index is -3.66. The van der Waals surface area contributed by atoms with Crippen LogP contribution in [0.3, 0.4) is 0 Å². The van der Waals surface area contributed by atoms with Gasteiger partial charge in [0.05, 0.1) is 11.9 Å².